The van der Waals surface area contributed by atoms with Gasteiger partial charge >= 0.3 is 59.7 Å². The molecule has 0 bridgehead atoms. The molecule has 2 saturated carbocycles. The molecule has 0 saturated heterocycles. The molecule has 2 fully saturated rings. The Hall–Kier alpha value is -8.62. The molecule has 21 heteroatoms. The van der Waals surface area contributed by atoms with Gasteiger partial charge in [-0.2, -0.15) is 0 Å². The van der Waals surface area contributed by atoms with Crippen LogP contribution in [-0.2, 0) is 71.5 Å². The highest BCUT2D eigenvalue weighted by atomic mass is 16.6. The first-order valence-corrected chi connectivity index (χ1v) is 31.4. The summed E-state index contributed by atoms with van der Waals surface area (Å²) >= 11 is 0. The number of carbonyl (C=O) groups is 10. The normalized spacial score (nSPS) is 15.0. The van der Waals surface area contributed by atoms with E-state index < -0.39 is 23.9 Å². The van der Waals surface area contributed by atoms with Crippen LogP contribution in [-0.4, -0.2) is 122 Å². The van der Waals surface area contributed by atoms with Gasteiger partial charge in [-0.25, -0.2) is 28.8 Å². The zero-order valence-corrected chi connectivity index (χ0v) is 55.0. The molecule has 0 unspecified atom stereocenters. The van der Waals surface area contributed by atoms with Crippen LogP contribution in [0.4, 0.5) is 0 Å². The topological polar surface area (TPSA) is 272 Å². The molecule has 0 radical (unpaired) electrons. The van der Waals surface area contributed by atoms with Gasteiger partial charge in [0.1, 0.15) is 17.2 Å². The third-order valence-corrected chi connectivity index (χ3v) is 14.5. The number of hydrogen-bond donors (Lipinski definition) is 0. The molecule has 21 nitrogen and oxygen atoms in total. The number of esters is 10. The van der Waals surface area contributed by atoms with Crippen molar-refractivity contribution in [2.75, 3.05) is 62.0 Å². The molecule has 0 atom stereocenters. The van der Waals surface area contributed by atoms with Crippen LogP contribution < -0.4 is 14.2 Å². The van der Waals surface area contributed by atoms with E-state index in [9.17, 15) is 47.9 Å². The summed E-state index contributed by atoms with van der Waals surface area (Å²) in [7, 11) is 6.90. The van der Waals surface area contributed by atoms with E-state index in [0.29, 0.717) is 73.0 Å². The van der Waals surface area contributed by atoms with Crippen LogP contribution in [0, 0.1) is 23.7 Å². The average Bonchev–Trinajstić information content (AvgIpc) is 2.34. The lowest BCUT2D eigenvalue weighted by molar-refractivity contribution is -0.147. The number of rotatable bonds is 32. The van der Waals surface area contributed by atoms with E-state index in [-0.39, 0.29) is 60.7 Å². The molecule has 2 aliphatic rings. The Morgan fingerprint density at radius 1 is 0.402 bits per heavy atom. The van der Waals surface area contributed by atoms with Crippen molar-refractivity contribution in [3.63, 3.8) is 0 Å². The van der Waals surface area contributed by atoms with E-state index in [2.05, 4.69) is 52.5 Å². The number of ether oxygens (including phenoxy) is 11. The summed E-state index contributed by atoms with van der Waals surface area (Å²) in [6, 6.07) is 19.1. The van der Waals surface area contributed by atoms with Gasteiger partial charge in [-0.05, 0) is 175 Å². The van der Waals surface area contributed by atoms with Gasteiger partial charge in [0.25, 0.3) is 0 Å². The maximum Gasteiger partial charge on any atom is 0.337 e. The number of carbonyl (C=O) groups excluding carboxylic acids is 10. The van der Waals surface area contributed by atoms with Crippen LogP contribution in [0.5, 0.6) is 17.2 Å². The summed E-state index contributed by atoms with van der Waals surface area (Å²) in [5, 5.41) is 0. The molecule has 0 N–H and O–H groups in total. The van der Waals surface area contributed by atoms with Gasteiger partial charge in [-0.3, -0.25) is 19.2 Å². The lowest BCUT2D eigenvalue weighted by Crippen LogP contribution is -2.22. The van der Waals surface area contributed by atoms with Gasteiger partial charge in [0.2, 0.25) is 0 Å². The smallest absolute Gasteiger partial charge is 0.337 e. The number of methoxy groups -OCH3 is 5. The summed E-state index contributed by atoms with van der Waals surface area (Å²) in [4.78, 5) is 112. The first kappa shape index (κ1) is 81.4. The Balaban J connectivity index is 0.000000582. The quantitative estimate of drug-likeness (QED) is 0.0185. The van der Waals surface area contributed by atoms with Crippen LogP contribution >= 0.6 is 0 Å². The van der Waals surface area contributed by atoms with Gasteiger partial charge in [-0.1, -0.05) is 72.1 Å². The second-order valence-electron chi connectivity index (χ2n) is 21.5. The molecule has 0 aromatic heterocycles. The summed E-state index contributed by atoms with van der Waals surface area (Å²) in [5.41, 5.74) is 1.30. The van der Waals surface area contributed by atoms with Crippen molar-refractivity contribution in [3.8, 4) is 17.2 Å². The molecule has 0 aliphatic heterocycles. The monoisotopic (exact) mass is 1290 g/mol. The average molecular weight is 1290 g/mol. The lowest BCUT2D eigenvalue weighted by Gasteiger charge is -2.26. The van der Waals surface area contributed by atoms with E-state index in [1.807, 2.05) is 0 Å². The molecule has 0 amide bonds. The van der Waals surface area contributed by atoms with Crippen molar-refractivity contribution >= 4 is 59.7 Å². The number of hydrogen-bond acceptors (Lipinski definition) is 21. The van der Waals surface area contributed by atoms with Crippen molar-refractivity contribution in [2.24, 2.45) is 23.7 Å². The van der Waals surface area contributed by atoms with Gasteiger partial charge in [0.15, 0.2) is 0 Å². The Kier molecular flexibility index (Phi) is 45.2. The minimum absolute atomic E-state index is 0.0168. The first-order valence-electron chi connectivity index (χ1n) is 31.4. The first-order chi connectivity index (χ1) is 44.3. The largest absolute Gasteiger partial charge is 0.494 e. The molecule has 0 heterocycles. The van der Waals surface area contributed by atoms with Gasteiger partial charge < -0.3 is 52.1 Å². The lowest BCUT2D eigenvalue weighted by atomic mass is 9.80. The van der Waals surface area contributed by atoms with Crippen molar-refractivity contribution < 1.29 is 100 Å². The highest BCUT2D eigenvalue weighted by molar-refractivity contribution is 5.90. The summed E-state index contributed by atoms with van der Waals surface area (Å²) in [6.45, 7) is 15.9. The number of unbranched alkanes of at least 4 members (excludes halogenated alkanes) is 7. The van der Waals surface area contributed by atoms with Crippen LogP contribution in [0.15, 0.2) is 111 Å². The standard InChI is InChI=1S/C16H18O6.C16H26O4.C15H18O5.C15H20O4.C9H16O2/c1-3-14(17)21-11-5-4-6-15(18)22-13-9-7-12(8-10-13)16(19)20-2;1-3-15(17)20-12-6-4-5-7-13-8-10-14(11-9-13)16(18)19-2;1-3-14(16)20-11-5-4-10-19-13-8-6-12(7-9-13)15(17)18-2;1-3-4-5-6-7-14(16)19-13-10-8-12(9-11-13)15(17)18-2;1-7-3-5-8(6-4-7)9(10)11-2/h3,7-10H,1,4-6,11H2,2H3;3,13-14H,1,4-12H2,2H3;3,6-9H,1,4-5,10-11H2,2H3;8-11H,3-7H2,1-2H3;7-8H,3-6H2,1-2H3. The van der Waals surface area contributed by atoms with E-state index in [4.69, 9.17) is 33.2 Å². The minimum atomic E-state index is -0.478. The fraction of sp³-hybridized carbons (Fsp3) is 0.521. The van der Waals surface area contributed by atoms with Crippen molar-refractivity contribution in [3.05, 3.63) is 127 Å². The van der Waals surface area contributed by atoms with E-state index in [1.54, 1.807) is 48.5 Å². The molecule has 5 rings (SSSR count). The minimum Gasteiger partial charge on any atom is -0.494 e. The van der Waals surface area contributed by atoms with E-state index in [0.717, 1.165) is 114 Å². The van der Waals surface area contributed by atoms with E-state index >= 15 is 0 Å². The second kappa shape index (κ2) is 51.0. The van der Waals surface area contributed by atoms with Crippen molar-refractivity contribution in [1.82, 2.24) is 0 Å². The van der Waals surface area contributed by atoms with E-state index in [1.165, 1.54) is 91.6 Å². The molecule has 0 spiro atoms. The zero-order chi connectivity index (χ0) is 68.3. The second-order valence-corrected chi connectivity index (χ2v) is 21.5. The molecule has 92 heavy (non-hydrogen) atoms. The molecule has 2 aliphatic carbocycles. The molecular weight excluding hydrogens is 1190 g/mol. The fourth-order valence-corrected chi connectivity index (χ4v) is 9.11. The Morgan fingerprint density at radius 3 is 1.11 bits per heavy atom. The van der Waals surface area contributed by atoms with Crippen LogP contribution in [0.2, 0.25) is 0 Å². The summed E-state index contributed by atoms with van der Waals surface area (Å²) < 4.78 is 53.6. The highest BCUT2D eigenvalue weighted by Crippen LogP contribution is 2.33. The van der Waals surface area contributed by atoms with Crippen LogP contribution in [0.3, 0.4) is 0 Å². The van der Waals surface area contributed by atoms with Crippen molar-refractivity contribution in [2.45, 2.75) is 155 Å². The predicted octanol–water partition coefficient (Wildman–Crippen LogP) is 13.2. The summed E-state index contributed by atoms with van der Waals surface area (Å²) in [6.07, 6.45) is 23.8. The Morgan fingerprint density at radius 2 is 0.739 bits per heavy atom. The SMILES string of the molecule is C=CC(=O)OCCCCC(=O)Oc1ccc(C(=O)OC)cc1.C=CC(=O)OCCCCCC1CCC(C(=O)OC)CC1.C=CC(=O)OCCCCOc1ccc(C(=O)OC)cc1.CCCCCCC(=O)Oc1ccc(C(=O)OC)cc1.COC(=O)C1CCC(C)CC1. The fourth-order valence-electron chi connectivity index (χ4n) is 9.11. The number of benzene rings is 3. The van der Waals surface area contributed by atoms with Crippen molar-refractivity contribution in [1.29, 1.82) is 0 Å². The van der Waals surface area contributed by atoms with Crippen LogP contribution in [0.25, 0.3) is 0 Å². The van der Waals surface area contributed by atoms with Gasteiger partial charge in [-0.15, -0.1) is 0 Å². The maximum atomic E-state index is 11.6. The third-order valence-electron chi connectivity index (χ3n) is 14.5. The molecular formula is C71H98O21. The zero-order valence-electron chi connectivity index (χ0n) is 55.0. The van der Waals surface area contributed by atoms with Gasteiger partial charge in [0, 0.05) is 31.1 Å². The summed E-state index contributed by atoms with van der Waals surface area (Å²) in [5.74, 6) is 0.193. The molecule has 508 valence electrons. The highest BCUT2D eigenvalue weighted by Gasteiger charge is 2.27. The van der Waals surface area contributed by atoms with Crippen LogP contribution in [0.1, 0.15) is 186 Å². The van der Waals surface area contributed by atoms with Gasteiger partial charge in [0.05, 0.1) is 90.5 Å². The Bertz CT molecular complexity index is 2660. The Labute approximate surface area is 543 Å². The molecule has 3 aromatic carbocycles. The molecule has 3 aromatic rings. The maximum absolute atomic E-state index is 11.6. The predicted molar refractivity (Wildman–Crippen MR) is 344 cm³/mol. The third kappa shape index (κ3) is 38.2.